The summed E-state index contributed by atoms with van der Waals surface area (Å²) in [4.78, 5) is 25.8. The molecule has 1 aliphatic heterocycles. The average molecular weight is 311 g/mol. The molecule has 0 spiro atoms. The Morgan fingerprint density at radius 1 is 1.33 bits per heavy atom. The Balaban J connectivity index is 2.14. The van der Waals surface area contributed by atoms with Gasteiger partial charge in [-0.25, -0.2) is 4.79 Å². The lowest BCUT2D eigenvalue weighted by molar-refractivity contribution is -0.145. The molecule has 0 radical (unpaired) electrons. The van der Waals surface area contributed by atoms with Crippen molar-refractivity contribution in [3.63, 3.8) is 0 Å². The highest BCUT2D eigenvalue weighted by atomic mass is 32.1. The first-order valence-corrected chi connectivity index (χ1v) is 7.84. The summed E-state index contributed by atoms with van der Waals surface area (Å²) in [6, 6.07) is 1.99. The van der Waals surface area contributed by atoms with Gasteiger partial charge in [0, 0.05) is 19.0 Å². The number of likely N-dealkylation sites (tertiary alicyclic amines) is 1. The molecule has 0 saturated carbocycles. The highest BCUT2D eigenvalue weighted by molar-refractivity contribution is 7.08. The fraction of sp³-hybridized carbons (Fsp3) is 0.600. The maximum absolute atomic E-state index is 12.2. The van der Waals surface area contributed by atoms with Gasteiger partial charge in [0.1, 0.15) is 5.60 Å². The van der Waals surface area contributed by atoms with Gasteiger partial charge in [0.15, 0.2) is 0 Å². The molecule has 116 valence electrons. The van der Waals surface area contributed by atoms with Gasteiger partial charge in [0.2, 0.25) is 0 Å². The maximum Gasteiger partial charge on any atom is 0.410 e. The van der Waals surface area contributed by atoms with Crippen LogP contribution < -0.4 is 0 Å². The third kappa shape index (κ3) is 3.75. The van der Waals surface area contributed by atoms with Crippen LogP contribution in [-0.2, 0) is 14.3 Å². The first-order valence-electron chi connectivity index (χ1n) is 6.89. The van der Waals surface area contributed by atoms with Crippen LogP contribution in [-0.4, -0.2) is 42.8 Å². The molecule has 1 fully saturated rings. The zero-order valence-electron chi connectivity index (χ0n) is 12.8. The zero-order chi connectivity index (χ0) is 15.6. The van der Waals surface area contributed by atoms with Crippen LogP contribution in [0.4, 0.5) is 4.79 Å². The second-order valence-corrected chi connectivity index (χ2v) is 6.96. The number of methoxy groups -OCH3 is 1. The Hall–Kier alpha value is -1.56. The Morgan fingerprint density at radius 3 is 2.57 bits per heavy atom. The van der Waals surface area contributed by atoms with E-state index in [4.69, 9.17) is 9.47 Å². The first kappa shape index (κ1) is 15.8. The lowest BCUT2D eigenvalue weighted by Gasteiger charge is -2.24. The minimum Gasteiger partial charge on any atom is -0.469 e. The molecule has 1 saturated heterocycles. The van der Waals surface area contributed by atoms with Crippen LogP contribution >= 0.6 is 11.3 Å². The van der Waals surface area contributed by atoms with Crippen LogP contribution in [0.15, 0.2) is 16.8 Å². The Bertz CT molecular complexity index is 506. The van der Waals surface area contributed by atoms with Crippen LogP contribution in [0.5, 0.6) is 0 Å². The van der Waals surface area contributed by atoms with E-state index in [1.54, 1.807) is 16.2 Å². The maximum atomic E-state index is 12.2. The number of hydrogen-bond donors (Lipinski definition) is 0. The largest absolute Gasteiger partial charge is 0.469 e. The molecule has 1 aromatic rings. The van der Waals surface area contributed by atoms with Crippen molar-refractivity contribution in [2.24, 2.45) is 5.92 Å². The van der Waals surface area contributed by atoms with E-state index in [9.17, 15) is 9.59 Å². The van der Waals surface area contributed by atoms with E-state index in [0.29, 0.717) is 13.1 Å². The molecule has 2 rings (SSSR count). The number of rotatable bonds is 2. The summed E-state index contributed by atoms with van der Waals surface area (Å²) >= 11 is 1.58. The number of thiophene rings is 1. The van der Waals surface area contributed by atoms with E-state index in [1.807, 2.05) is 37.6 Å². The molecule has 1 aromatic heterocycles. The standard InChI is InChI=1S/C15H21NO4S/c1-15(2,3)20-14(18)16-7-11(10-5-6-21-9-10)12(8-16)13(17)19-4/h5-6,9,11-12H,7-8H2,1-4H3/t11-,12+/m1/s1. The summed E-state index contributed by atoms with van der Waals surface area (Å²) in [7, 11) is 1.38. The van der Waals surface area contributed by atoms with Gasteiger partial charge in [0.25, 0.3) is 0 Å². The van der Waals surface area contributed by atoms with Crippen molar-refractivity contribution in [1.29, 1.82) is 0 Å². The van der Waals surface area contributed by atoms with Crippen molar-refractivity contribution < 1.29 is 19.1 Å². The van der Waals surface area contributed by atoms with Gasteiger partial charge < -0.3 is 14.4 Å². The molecule has 2 heterocycles. The number of ether oxygens (including phenoxy) is 2. The SMILES string of the molecule is COC(=O)[C@H]1CN(C(=O)OC(C)(C)C)C[C@@H]1c1ccsc1. The van der Waals surface area contributed by atoms with Crippen molar-refractivity contribution in [2.75, 3.05) is 20.2 Å². The smallest absolute Gasteiger partial charge is 0.410 e. The predicted molar refractivity (Wildman–Crippen MR) is 80.4 cm³/mol. The van der Waals surface area contributed by atoms with E-state index < -0.39 is 5.60 Å². The number of esters is 1. The molecular formula is C15H21NO4S. The normalized spacial score (nSPS) is 22.2. The van der Waals surface area contributed by atoms with Crippen LogP contribution in [0.3, 0.4) is 0 Å². The van der Waals surface area contributed by atoms with Gasteiger partial charge in [0.05, 0.1) is 13.0 Å². The van der Waals surface area contributed by atoms with Crippen LogP contribution in [0.2, 0.25) is 0 Å². The molecule has 1 amide bonds. The highest BCUT2D eigenvalue weighted by Gasteiger charge is 2.42. The quantitative estimate of drug-likeness (QED) is 0.788. The van der Waals surface area contributed by atoms with Gasteiger partial charge in [-0.1, -0.05) is 0 Å². The third-order valence-electron chi connectivity index (χ3n) is 3.45. The zero-order valence-corrected chi connectivity index (χ0v) is 13.6. The van der Waals surface area contributed by atoms with Crippen molar-refractivity contribution in [3.05, 3.63) is 22.4 Å². The molecule has 6 heteroatoms. The first-order chi connectivity index (χ1) is 9.81. The van der Waals surface area contributed by atoms with Gasteiger partial charge in [-0.2, -0.15) is 11.3 Å². The van der Waals surface area contributed by atoms with Crippen LogP contribution in [0.25, 0.3) is 0 Å². The van der Waals surface area contributed by atoms with Crippen LogP contribution in [0, 0.1) is 5.92 Å². The van der Waals surface area contributed by atoms with Crippen molar-refractivity contribution in [1.82, 2.24) is 4.90 Å². The highest BCUT2D eigenvalue weighted by Crippen LogP contribution is 2.35. The monoisotopic (exact) mass is 311 g/mol. The second kappa shape index (κ2) is 6.05. The minimum atomic E-state index is -0.543. The van der Waals surface area contributed by atoms with Crippen molar-refractivity contribution in [3.8, 4) is 0 Å². The topological polar surface area (TPSA) is 55.8 Å². The molecule has 0 aliphatic carbocycles. The average Bonchev–Trinajstić information content (AvgIpc) is 3.04. The summed E-state index contributed by atoms with van der Waals surface area (Å²) < 4.78 is 10.3. The summed E-state index contributed by atoms with van der Waals surface area (Å²) in [5, 5.41) is 3.99. The molecule has 0 aromatic carbocycles. The number of hydrogen-bond acceptors (Lipinski definition) is 5. The van der Waals surface area contributed by atoms with Gasteiger partial charge in [-0.15, -0.1) is 0 Å². The molecule has 0 bridgehead atoms. The van der Waals surface area contributed by atoms with E-state index in [-0.39, 0.29) is 23.9 Å². The van der Waals surface area contributed by atoms with E-state index >= 15 is 0 Å². The molecule has 0 unspecified atom stereocenters. The van der Waals surface area contributed by atoms with Gasteiger partial charge in [-0.3, -0.25) is 4.79 Å². The lowest BCUT2D eigenvalue weighted by Crippen LogP contribution is -2.36. The Labute approximate surface area is 128 Å². The molecule has 21 heavy (non-hydrogen) atoms. The number of nitrogens with zero attached hydrogens (tertiary/aromatic N) is 1. The third-order valence-corrected chi connectivity index (χ3v) is 4.15. The second-order valence-electron chi connectivity index (χ2n) is 6.18. The summed E-state index contributed by atoms with van der Waals surface area (Å²) in [6.07, 6.45) is -0.380. The fourth-order valence-electron chi connectivity index (χ4n) is 2.49. The molecular weight excluding hydrogens is 290 g/mol. The van der Waals surface area contributed by atoms with E-state index in [2.05, 4.69) is 0 Å². The molecule has 2 atom stereocenters. The summed E-state index contributed by atoms with van der Waals surface area (Å²) in [6.45, 7) is 6.30. The Kier molecular flexibility index (Phi) is 4.56. The molecule has 1 aliphatic rings. The van der Waals surface area contributed by atoms with Gasteiger partial charge in [-0.05, 0) is 43.2 Å². The molecule has 0 N–H and O–H groups in total. The minimum absolute atomic E-state index is 0.0313. The van der Waals surface area contributed by atoms with E-state index in [1.165, 1.54) is 7.11 Å². The lowest BCUT2D eigenvalue weighted by atomic mass is 9.91. The summed E-state index contributed by atoms with van der Waals surface area (Å²) in [5.41, 5.74) is 0.527. The van der Waals surface area contributed by atoms with Crippen LogP contribution in [0.1, 0.15) is 32.3 Å². The predicted octanol–water partition coefficient (Wildman–Crippen LogP) is 2.87. The van der Waals surface area contributed by atoms with Crippen molar-refractivity contribution >= 4 is 23.4 Å². The van der Waals surface area contributed by atoms with E-state index in [0.717, 1.165) is 5.56 Å². The van der Waals surface area contributed by atoms with Gasteiger partial charge >= 0.3 is 12.1 Å². The molecule has 5 nitrogen and oxygen atoms in total. The number of amides is 1. The number of carbonyl (C=O) groups is 2. The fourth-order valence-corrected chi connectivity index (χ4v) is 3.22. The van der Waals surface area contributed by atoms with Crippen molar-refractivity contribution in [2.45, 2.75) is 32.3 Å². The summed E-state index contributed by atoms with van der Waals surface area (Å²) in [5.74, 6) is -0.648. The Morgan fingerprint density at radius 2 is 2.05 bits per heavy atom. The number of carbonyl (C=O) groups excluding carboxylic acids is 2.